The summed E-state index contributed by atoms with van der Waals surface area (Å²) in [7, 11) is 2.10. The zero-order chi connectivity index (χ0) is 15.1. The number of benzene rings is 2. The first-order valence-corrected chi connectivity index (χ1v) is 7.16. The number of nitrogens with zero attached hydrogens (tertiary/aromatic N) is 3. The first kappa shape index (κ1) is 13.5. The van der Waals surface area contributed by atoms with Crippen LogP contribution in [0.4, 0.5) is 17.1 Å². The number of hydrogen-bond acceptors (Lipinski definition) is 3. The van der Waals surface area contributed by atoms with Gasteiger partial charge in [0.25, 0.3) is 0 Å². The van der Waals surface area contributed by atoms with Gasteiger partial charge in [-0.15, -0.1) is 0 Å². The van der Waals surface area contributed by atoms with Gasteiger partial charge in [-0.05, 0) is 50.6 Å². The summed E-state index contributed by atoms with van der Waals surface area (Å²) in [6, 6.07) is 14.6. The summed E-state index contributed by atoms with van der Waals surface area (Å²) in [5, 5.41) is 9.17. The molecule has 3 rings (SSSR count). The molecule has 0 bridgehead atoms. The molecule has 1 aliphatic heterocycles. The molecule has 0 saturated heterocycles. The molecule has 1 atom stereocenters. The zero-order valence-corrected chi connectivity index (χ0v) is 12.9. The normalized spacial score (nSPS) is 16.8. The van der Waals surface area contributed by atoms with Crippen molar-refractivity contribution in [3.05, 3.63) is 53.1 Å². The van der Waals surface area contributed by atoms with Crippen molar-refractivity contribution in [3.8, 4) is 6.07 Å². The van der Waals surface area contributed by atoms with E-state index in [1.165, 1.54) is 22.5 Å². The summed E-state index contributed by atoms with van der Waals surface area (Å²) in [5.41, 5.74) is 6.70. The molecule has 1 aliphatic rings. The minimum Gasteiger partial charge on any atom is -0.353 e. The van der Waals surface area contributed by atoms with E-state index < -0.39 is 0 Å². The highest BCUT2D eigenvalue weighted by atomic mass is 15.4. The van der Waals surface area contributed by atoms with Crippen LogP contribution in [0.1, 0.15) is 23.6 Å². The minimum atomic E-state index is 0.232. The van der Waals surface area contributed by atoms with Gasteiger partial charge in [-0.3, -0.25) is 0 Å². The predicted molar refractivity (Wildman–Crippen MR) is 87.1 cm³/mol. The second kappa shape index (κ2) is 4.82. The largest absolute Gasteiger partial charge is 0.353 e. The van der Waals surface area contributed by atoms with Gasteiger partial charge < -0.3 is 9.80 Å². The first-order chi connectivity index (χ1) is 10.0. The van der Waals surface area contributed by atoms with Gasteiger partial charge in [0.1, 0.15) is 6.17 Å². The number of aryl methyl sites for hydroxylation is 2. The van der Waals surface area contributed by atoms with Gasteiger partial charge in [0.05, 0.1) is 23.0 Å². The van der Waals surface area contributed by atoms with Crippen LogP contribution in [-0.4, -0.2) is 13.2 Å². The summed E-state index contributed by atoms with van der Waals surface area (Å²) in [4.78, 5) is 4.56. The molecule has 2 aromatic carbocycles. The van der Waals surface area contributed by atoms with E-state index in [-0.39, 0.29) is 6.17 Å². The Balaban J connectivity index is 2.18. The number of rotatable bonds is 1. The standard InChI is InChI=1S/C18H19N3/c1-12-5-7-16(13(2)9-12)21-14(3)20(4)17-8-6-15(11-19)10-18(17)21/h5-10,14H,1-4H3. The maximum Gasteiger partial charge on any atom is 0.103 e. The molecule has 0 radical (unpaired) electrons. The molecule has 0 aromatic heterocycles. The van der Waals surface area contributed by atoms with Gasteiger partial charge in [0.2, 0.25) is 0 Å². The second-order valence-electron chi connectivity index (χ2n) is 5.72. The highest BCUT2D eigenvalue weighted by Gasteiger charge is 2.32. The second-order valence-corrected chi connectivity index (χ2v) is 5.72. The molecule has 0 fully saturated rings. The number of nitriles is 1. The van der Waals surface area contributed by atoms with Crippen LogP contribution < -0.4 is 9.80 Å². The summed E-state index contributed by atoms with van der Waals surface area (Å²) in [6.07, 6.45) is 0.232. The lowest BCUT2D eigenvalue weighted by molar-refractivity contribution is 0.732. The average molecular weight is 277 g/mol. The molecule has 3 nitrogen and oxygen atoms in total. The van der Waals surface area contributed by atoms with Crippen molar-refractivity contribution in [1.82, 2.24) is 0 Å². The molecule has 0 amide bonds. The van der Waals surface area contributed by atoms with Gasteiger partial charge >= 0.3 is 0 Å². The Morgan fingerprint density at radius 2 is 1.71 bits per heavy atom. The third-order valence-corrected chi connectivity index (χ3v) is 4.29. The summed E-state index contributed by atoms with van der Waals surface area (Å²) < 4.78 is 0. The van der Waals surface area contributed by atoms with Crippen LogP contribution in [-0.2, 0) is 0 Å². The van der Waals surface area contributed by atoms with Gasteiger partial charge in [-0.25, -0.2) is 0 Å². The van der Waals surface area contributed by atoms with E-state index in [1.54, 1.807) is 0 Å². The molecule has 0 aliphatic carbocycles. The van der Waals surface area contributed by atoms with E-state index in [0.717, 1.165) is 5.69 Å². The van der Waals surface area contributed by atoms with Crippen molar-refractivity contribution in [2.75, 3.05) is 16.8 Å². The highest BCUT2D eigenvalue weighted by molar-refractivity contribution is 5.85. The van der Waals surface area contributed by atoms with Crippen LogP contribution >= 0.6 is 0 Å². The molecule has 1 heterocycles. The monoisotopic (exact) mass is 277 g/mol. The maximum absolute atomic E-state index is 9.17. The molecular weight excluding hydrogens is 258 g/mol. The number of fused-ring (bicyclic) bond motifs is 1. The van der Waals surface area contributed by atoms with Crippen molar-refractivity contribution >= 4 is 17.1 Å². The summed E-state index contributed by atoms with van der Waals surface area (Å²) in [5.74, 6) is 0. The minimum absolute atomic E-state index is 0.232. The van der Waals surface area contributed by atoms with E-state index in [4.69, 9.17) is 5.26 Å². The van der Waals surface area contributed by atoms with Gasteiger partial charge in [0, 0.05) is 12.7 Å². The van der Waals surface area contributed by atoms with E-state index in [9.17, 15) is 0 Å². The molecule has 3 heteroatoms. The zero-order valence-electron chi connectivity index (χ0n) is 12.9. The number of hydrogen-bond donors (Lipinski definition) is 0. The summed E-state index contributed by atoms with van der Waals surface area (Å²) >= 11 is 0. The predicted octanol–water partition coefficient (Wildman–Crippen LogP) is 4.11. The summed E-state index contributed by atoms with van der Waals surface area (Å²) in [6.45, 7) is 6.44. The lowest BCUT2D eigenvalue weighted by Crippen LogP contribution is -2.35. The SMILES string of the molecule is Cc1ccc(N2c3cc(C#N)ccc3N(C)C2C)c(C)c1. The van der Waals surface area contributed by atoms with Crippen LogP contribution in [0.25, 0.3) is 0 Å². The Morgan fingerprint density at radius 3 is 2.38 bits per heavy atom. The van der Waals surface area contributed by atoms with Gasteiger partial charge in [-0.2, -0.15) is 5.26 Å². The maximum atomic E-state index is 9.17. The quantitative estimate of drug-likeness (QED) is 0.786. The van der Waals surface area contributed by atoms with Crippen LogP contribution in [0, 0.1) is 25.2 Å². The molecule has 1 unspecified atom stereocenters. The fourth-order valence-electron chi connectivity index (χ4n) is 3.07. The fraction of sp³-hybridized carbons (Fsp3) is 0.278. The van der Waals surface area contributed by atoms with E-state index in [2.05, 4.69) is 61.9 Å². The molecule has 21 heavy (non-hydrogen) atoms. The Bertz CT molecular complexity index is 743. The van der Waals surface area contributed by atoms with Crippen LogP contribution in [0.5, 0.6) is 0 Å². The van der Waals surface area contributed by atoms with Crippen molar-refractivity contribution in [2.24, 2.45) is 0 Å². The lowest BCUT2D eigenvalue weighted by Gasteiger charge is -2.29. The van der Waals surface area contributed by atoms with E-state index in [1.807, 2.05) is 18.2 Å². The highest BCUT2D eigenvalue weighted by Crippen LogP contribution is 2.44. The number of anilines is 3. The van der Waals surface area contributed by atoms with E-state index >= 15 is 0 Å². The van der Waals surface area contributed by atoms with Gasteiger partial charge in [0.15, 0.2) is 0 Å². The molecule has 106 valence electrons. The third kappa shape index (κ3) is 2.04. The third-order valence-electron chi connectivity index (χ3n) is 4.29. The lowest BCUT2D eigenvalue weighted by atomic mass is 10.1. The van der Waals surface area contributed by atoms with Crippen LogP contribution in [0.2, 0.25) is 0 Å². The fourth-order valence-corrected chi connectivity index (χ4v) is 3.07. The smallest absolute Gasteiger partial charge is 0.103 e. The topological polar surface area (TPSA) is 30.3 Å². The van der Waals surface area contributed by atoms with Gasteiger partial charge in [-0.1, -0.05) is 17.7 Å². The Hall–Kier alpha value is -2.47. The Kier molecular flexibility index (Phi) is 3.10. The Labute approximate surface area is 126 Å². The first-order valence-electron chi connectivity index (χ1n) is 7.16. The molecular formula is C18H19N3. The molecule has 0 N–H and O–H groups in total. The molecule has 0 saturated carbocycles. The van der Waals surface area contributed by atoms with Crippen LogP contribution in [0.3, 0.4) is 0 Å². The van der Waals surface area contributed by atoms with Crippen molar-refractivity contribution in [2.45, 2.75) is 26.9 Å². The van der Waals surface area contributed by atoms with E-state index in [0.29, 0.717) is 5.56 Å². The van der Waals surface area contributed by atoms with Crippen molar-refractivity contribution < 1.29 is 0 Å². The van der Waals surface area contributed by atoms with Crippen molar-refractivity contribution in [1.29, 1.82) is 5.26 Å². The van der Waals surface area contributed by atoms with Crippen LogP contribution in [0.15, 0.2) is 36.4 Å². The average Bonchev–Trinajstić information content (AvgIpc) is 2.71. The Morgan fingerprint density at radius 1 is 1.00 bits per heavy atom. The van der Waals surface area contributed by atoms with Crippen molar-refractivity contribution in [3.63, 3.8) is 0 Å². The molecule has 0 spiro atoms. The molecule has 2 aromatic rings.